The number of hydrogen-bond donors (Lipinski definition) is 0. The molecule has 2 heterocycles. The molecule has 0 aliphatic rings. The highest BCUT2D eigenvalue weighted by atomic mass is 35.5. The average Bonchev–Trinajstić information content (AvgIpc) is 2.57. The molecule has 12 heteroatoms. The molecule has 0 saturated heterocycles. The van der Waals surface area contributed by atoms with Gasteiger partial charge in [0.2, 0.25) is 0 Å². The molecule has 0 saturated carbocycles. The first kappa shape index (κ1) is 23.0. The van der Waals surface area contributed by atoms with Crippen molar-refractivity contribution in [3.63, 3.8) is 0 Å². The molecular weight excluding hydrogens is 451 g/mol. The summed E-state index contributed by atoms with van der Waals surface area (Å²) >= 11 is 11.5. The first-order valence-electron chi connectivity index (χ1n) is 7.92. The minimum absolute atomic E-state index is 0.124. The van der Waals surface area contributed by atoms with Gasteiger partial charge < -0.3 is 0 Å². The molecule has 2 aromatic heterocycles. The molecule has 2 unspecified atom stereocenters. The van der Waals surface area contributed by atoms with E-state index in [2.05, 4.69) is 9.97 Å². The Kier molecular flexibility index (Phi) is 7.77. The van der Waals surface area contributed by atoms with Crippen molar-refractivity contribution in [2.45, 2.75) is 25.0 Å². The van der Waals surface area contributed by atoms with Crippen LogP contribution in [0.1, 0.15) is 36.2 Å². The maximum atomic E-state index is 11.6. The van der Waals surface area contributed by atoms with Crippen molar-refractivity contribution >= 4 is 43.4 Å². The summed E-state index contributed by atoms with van der Waals surface area (Å²) in [5, 5.41) is 0.486. The van der Waals surface area contributed by atoms with Crippen LogP contribution in [0.4, 0.5) is 0 Å². The zero-order chi connectivity index (χ0) is 20.9. The number of hydrogen-bond acceptors (Lipinski definition) is 8. The molecule has 0 radical (unpaired) electrons. The van der Waals surface area contributed by atoms with Gasteiger partial charge in [0.15, 0.2) is 0 Å². The van der Waals surface area contributed by atoms with Crippen molar-refractivity contribution in [3.8, 4) is 0 Å². The molecule has 0 amide bonds. The van der Waals surface area contributed by atoms with Crippen LogP contribution in [0.15, 0.2) is 36.7 Å². The van der Waals surface area contributed by atoms with Gasteiger partial charge in [0.25, 0.3) is 20.2 Å². The van der Waals surface area contributed by atoms with Crippen LogP contribution in [0.25, 0.3) is 0 Å². The third kappa shape index (κ3) is 7.98. The monoisotopic (exact) mass is 468 g/mol. The van der Waals surface area contributed by atoms with Crippen LogP contribution in [-0.2, 0) is 28.6 Å². The molecule has 8 nitrogen and oxygen atoms in total. The van der Waals surface area contributed by atoms with E-state index in [9.17, 15) is 16.8 Å². The first-order chi connectivity index (χ1) is 12.9. The number of rotatable bonds is 9. The van der Waals surface area contributed by atoms with Gasteiger partial charge in [-0.25, -0.2) is 9.97 Å². The molecular formula is C16H18Cl2N2O6S2. The van der Waals surface area contributed by atoms with Gasteiger partial charge in [-0.3, -0.25) is 8.37 Å². The van der Waals surface area contributed by atoms with E-state index in [-0.39, 0.29) is 23.1 Å². The van der Waals surface area contributed by atoms with Crippen molar-refractivity contribution in [3.05, 3.63) is 58.1 Å². The number of nitrogens with zero attached hydrogens (tertiary/aromatic N) is 2. The number of aromatic nitrogens is 2. The molecule has 0 N–H and O–H groups in total. The summed E-state index contributed by atoms with van der Waals surface area (Å²) in [7, 11) is -7.57. The highest BCUT2D eigenvalue weighted by Crippen LogP contribution is 2.32. The summed E-state index contributed by atoms with van der Waals surface area (Å²) in [5.41, 5.74) is 0.948. The van der Waals surface area contributed by atoms with Crippen molar-refractivity contribution in [2.75, 3.05) is 12.5 Å². The van der Waals surface area contributed by atoms with Crippen LogP contribution in [0, 0.1) is 0 Å². The van der Waals surface area contributed by atoms with Crippen molar-refractivity contribution in [1.82, 2.24) is 9.97 Å². The summed E-state index contributed by atoms with van der Waals surface area (Å²) in [6.45, 7) is 0. The average molecular weight is 469 g/mol. The molecule has 0 bridgehead atoms. The topological polar surface area (TPSA) is 113 Å². The highest BCUT2D eigenvalue weighted by molar-refractivity contribution is 7.86. The summed E-state index contributed by atoms with van der Waals surface area (Å²) in [6, 6.07) is 6.18. The Bertz CT molecular complexity index is 913. The van der Waals surface area contributed by atoms with Gasteiger partial charge in [-0.1, -0.05) is 35.3 Å². The molecule has 0 aliphatic heterocycles. The van der Waals surface area contributed by atoms with E-state index in [4.69, 9.17) is 31.6 Å². The standard InChI is InChI=1S/C16H18Cl2N2O6S2/c1-27(21,22)25-13(11-3-7-15(17)19-9-11)5-6-14(26-28(2,23)24)12-4-8-16(18)20-10-12/h3-4,7-10,13-14H,5-6H2,1-2H3. The summed E-state index contributed by atoms with van der Waals surface area (Å²) < 4.78 is 56.9. The predicted octanol–water partition coefficient (Wildman–Crippen LogP) is 3.30. The summed E-state index contributed by atoms with van der Waals surface area (Å²) in [4.78, 5) is 7.85. The van der Waals surface area contributed by atoms with Crippen LogP contribution in [0.5, 0.6) is 0 Å². The van der Waals surface area contributed by atoms with E-state index < -0.39 is 32.4 Å². The normalized spacial score (nSPS) is 14.6. The van der Waals surface area contributed by atoms with Gasteiger partial charge in [-0.15, -0.1) is 0 Å². The van der Waals surface area contributed by atoms with Gasteiger partial charge in [0, 0.05) is 23.5 Å². The van der Waals surface area contributed by atoms with Crippen LogP contribution in [0.2, 0.25) is 10.3 Å². The van der Waals surface area contributed by atoms with E-state index in [1.807, 2.05) is 0 Å². The zero-order valence-electron chi connectivity index (χ0n) is 14.9. The molecule has 2 aromatic rings. The Balaban J connectivity index is 2.26. The van der Waals surface area contributed by atoms with E-state index >= 15 is 0 Å². The van der Waals surface area contributed by atoms with E-state index in [0.29, 0.717) is 11.1 Å². The molecule has 154 valence electrons. The Hall–Kier alpha value is -1.30. The summed E-state index contributed by atoms with van der Waals surface area (Å²) in [5.74, 6) is 0. The van der Waals surface area contributed by atoms with Crippen LogP contribution >= 0.6 is 23.2 Å². The van der Waals surface area contributed by atoms with E-state index in [1.165, 1.54) is 24.5 Å². The van der Waals surface area contributed by atoms with Crippen molar-refractivity contribution < 1.29 is 25.2 Å². The molecule has 28 heavy (non-hydrogen) atoms. The van der Waals surface area contributed by atoms with Gasteiger partial charge in [-0.05, 0) is 25.0 Å². The SMILES string of the molecule is CS(=O)(=O)OC(CCC(OS(C)(=O)=O)c1ccc(Cl)nc1)c1ccc(Cl)nc1. The minimum Gasteiger partial charge on any atom is -0.262 e. The Labute approximate surface area is 174 Å². The molecule has 0 spiro atoms. The lowest BCUT2D eigenvalue weighted by atomic mass is 10.0. The molecule has 0 aromatic carbocycles. The fourth-order valence-electron chi connectivity index (χ4n) is 2.42. The maximum Gasteiger partial charge on any atom is 0.264 e. The van der Waals surface area contributed by atoms with Gasteiger partial charge >= 0.3 is 0 Å². The first-order valence-corrected chi connectivity index (χ1v) is 12.3. The second-order valence-corrected chi connectivity index (χ2v) is 9.96. The lowest BCUT2D eigenvalue weighted by Gasteiger charge is -2.21. The molecule has 0 fully saturated rings. The lowest BCUT2D eigenvalue weighted by molar-refractivity contribution is 0.152. The number of pyridine rings is 2. The molecule has 2 atom stereocenters. The molecule has 0 aliphatic carbocycles. The van der Waals surface area contributed by atoms with Crippen LogP contribution in [0.3, 0.4) is 0 Å². The third-order valence-electron chi connectivity index (χ3n) is 3.52. The predicted molar refractivity (Wildman–Crippen MR) is 105 cm³/mol. The molecule has 2 rings (SSSR count). The van der Waals surface area contributed by atoms with Crippen molar-refractivity contribution in [2.24, 2.45) is 0 Å². The van der Waals surface area contributed by atoms with Crippen molar-refractivity contribution in [1.29, 1.82) is 0 Å². The maximum absolute atomic E-state index is 11.6. The van der Waals surface area contributed by atoms with E-state index in [1.54, 1.807) is 12.1 Å². The second kappa shape index (κ2) is 9.47. The largest absolute Gasteiger partial charge is 0.264 e. The van der Waals surface area contributed by atoms with Gasteiger partial charge in [0.1, 0.15) is 22.5 Å². The lowest BCUT2D eigenvalue weighted by Crippen LogP contribution is -2.15. The Morgan fingerprint density at radius 3 is 1.39 bits per heavy atom. The zero-order valence-corrected chi connectivity index (χ0v) is 18.1. The Morgan fingerprint density at radius 1 is 0.786 bits per heavy atom. The second-order valence-electron chi connectivity index (χ2n) is 5.98. The van der Waals surface area contributed by atoms with Crippen LogP contribution in [-0.4, -0.2) is 39.3 Å². The number of halogens is 2. The third-order valence-corrected chi connectivity index (χ3v) is 5.13. The summed E-state index contributed by atoms with van der Waals surface area (Å²) in [6.07, 6.45) is 3.10. The van der Waals surface area contributed by atoms with Gasteiger partial charge in [0.05, 0.1) is 12.5 Å². The fraction of sp³-hybridized carbons (Fsp3) is 0.375. The van der Waals surface area contributed by atoms with Gasteiger partial charge in [-0.2, -0.15) is 16.8 Å². The highest BCUT2D eigenvalue weighted by Gasteiger charge is 2.24. The van der Waals surface area contributed by atoms with E-state index in [0.717, 1.165) is 12.5 Å². The minimum atomic E-state index is -3.78. The fourth-order valence-corrected chi connectivity index (χ4v) is 3.90. The smallest absolute Gasteiger partial charge is 0.262 e. The Morgan fingerprint density at radius 2 is 1.14 bits per heavy atom. The quantitative estimate of drug-likeness (QED) is 0.406. The van der Waals surface area contributed by atoms with Crippen LogP contribution < -0.4 is 0 Å².